The lowest BCUT2D eigenvalue weighted by atomic mass is 10.1. The highest BCUT2D eigenvalue weighted by Gasteiger charge is 2.30. The number of halogens is 2. The Morgan fingerprint density at radius 3 is 2.60 bits per heavy atom. The average molecular weight is 334 g/mol. The Morgan fingerprint density at radius 1 is 1.15 bits per heavy atom. The minimum Gasteiger partial charge on any atom is -0.331 e. The Balaban J connectivity index is 1.78. The SMILES string of the molecule is O=C1c2cccc(Br)c2CN1C[C@H](F)c1ccccc1. The number of nitrogens with zero attached hydrogens (tertiary/aromatic N) is 1. The fourth-order valence-electron chi connectivity index (χ4n) is 2.46. The highest BCUT2D eigenvalue weighted by Crippen LogP contribution is 2.31. The Labute approximate surface area is 125 Å². The summed E-state index contributed by atoms with van der Waals surface area (Å²) in [5.41, 5.74) is 2.22. The molecule has 0 unspecified atom stereocenters. The fraction of sp³-hybridized carbons (Fsp3) is 0.188. The van der Waals surface area contributed by atoms with E-state index in [1.54, 1.807) is 35.2 Å². The number of rotatable bonds is 3. The normalized spacial score (nSPS) is 15.3. The molecule has 20 heavy (non-hydrogen) atoms. The van der Waals surface area contributed by atoms with Gasteiger partial charge in [0.25, 0.3) is 5.91 Å². The van der Waals surface area contributed by atoms with E-state index in [0.29, 0.717) is 17.7 Å². The molecular formula is C16H13BrFNO. The highest BCUT2D eigenvalue weighted by atomic mass is 79.9. The van der Waals surface area contributed by atoms with Gasteiger partial charge in [0.15, 0.2) is 0 Å². The summed E-state index contributed by atoms with van der Waals surface area (Å²) >= 11 is 3.44. The van der Waals surface area contributed by atoms with Gasteiger partial charge in [-0.25, -0.2) is 4.39 Å². The fourth-order valence-corrected chi connectivity index (χ4v) is 2.95. The first-order valence-electron chi connectivity index (χ1n) is 6.42. The summed E-state index contributed by atoms with van der Waals surface area (Å²) in [5.74, 6) is -0.0973. The van der Waals surface area contributed by atoms with Gasteiger partial charge in [0.1, 0.15) is 6.17 Å². The van der Waals surface area contributed by atoms with E-state index in [9.17, 15) is 9.18 Å². The molecule has 1 aliphatic heterocycles. The van der Waals surface area contributed by atoms with Crippen molar-refractivity contribution in [2.24, 2.45) is 0 Å². The van der Waals surface area contributed by atoms with Crippen LogP contribution in [-0.2, 0) is 6.54 Å². The third-order valence-electron chi connectivity index (χ3n) is 3.53. The highest BCUT2D eigenvalue weighted by molar-refractivity contribution is 9.10. The van der Waals surface area contributed by atoms with Gasteiger partial charge in [-0.05, 0) is 23.3 Å². The molecule has 2 aromatic rings. The van der Waals surface area contributed by atoms with Crippen molar-refractivity contribution in [1.29, 1.82) is 0 Å². The van der Waals surface area contributed by atoms with Crippen molar-refractivity contribution in [3.8, 4) is 0 Å². The van der Waals surface area contributed by atoms with Crippen molar-refractivity contribution < 1.29 is 9.18 Å². The minimum absolute atomic E-state index is 0.0873. The van der Waals surface area contributed by atoms with Gasteiger partial charge in [0.2, 0.25) is 0 Å². The molecule has 3 rings (SSSR count). The summed E-state index contributed by atoms with van der Waals surface area (Å²) < 4.78 is 15.2. The Kier molecular flexibility index (Phi) is 3.57. The number of fused-ring (bicyclic) bond motifs is 1. The minimum atomic E-state index is -1.16. The van der Waals surface area contributed by atoms with Crippen LogP contribution in [-0.4, -0.2) is 17.4 Å². The molecule has 2 aromatic carbocycles. The molecule has 4 heteroatoms. The largest absolute Gasteiger partial charge is 0.331 e. The Bertz CT molecular complexity index is 644. The Hall–Kier alpha value is -1.68. The third kappa shape index (κ3) is 2.36. The van der Waals surface area contributed by atoms with Crippen molar-refractivity contribution in [2.75, 3.05) is 6.54 Å². The van der Waals surface area contributed by atoms with Crippen LogP contribution in [0.2, 0.25) is 0 Å². The van der Waals surface area contributed by atoms with E-state index in [4.69, 9.17) is 0 Å². The summed E-state index contributed by atoms with van der Waals surface area (Å²) in [7, 11) is 0. The topological polar surface area (TPSA) is 20.3 Å². The molecule has 102 valence electrons. The van der Waals surface area contributed by atoms with E-state index in [1.807, 2.05) is 18.2 Å². The summed E-state index contributed by atoms with van der Waals surface area (Å²) in [4.78, 5) is 13.8. The number of carbonyl (C=O) groups excluding carboxylic acids is 1. The molecule has 0 radical (unpaired) electrons. The molecule has 0 fully saturated rings. The van der Waals surface area contributed by atoms with Crippen LogP contribution < -0.4 is 0 Å². The molecule has 2 nitrogen and oxygen atoms in total. The summed E-state index contributed by atoms with van der Waals surface area (Å²) in [6.07, 6.45) is -1.16. The Morgan fingerprint density at radius 2 is 1.90 bits per heavy atom. The molecular weight excluding hydrogens is 321 g/mol. The average Bonchev–Trinajstić information content (AvgIpc) is 2.79. The quantitative estimate of drug-likeness (QED) is 0.827. The first kappa shape index (κ1) is 13.3. The van der Waals surface area contributed by atoms with E-state index < -0.39 is 6.17 Å². The van der Waals surface area contributed by atoms with Crippen LogP contribution in [0.5, 0.6) is 0 Å². The zero-order chi connectivity index (χ0) is 14.1. The lowest BCUT2D eigenvalue weighted by Crippen LogP contribution is -2.27. The lowest BCUT2D eigenvalue weighted by molar-refractivity contribution is 0.0732. The summed E-state index contributed by atoms with van der Waals surface area (Å²) in [5, 5.41) is 0. The summed E-state index contributed by atoms with van der Waals surface area (Å²) in [6, 6.07) is 14.5. The van der Waals surface area contributed by atoms with Crippen molar-refractivity contribution >= 4 is 21.8 Å². The first-order chi connectivity index (χ1) is 9.66. The van der Waals surface area contributed by atoms with Crippen molar-refractivity contribution in [1.82, 2.24) is 4.90 Å². The van der Waals surface area contributed by atoms with Crippen LogP contribution in [0.25, 0.3) is 0 Å². The van der Waals surface area contributed by atoms with E-state index in [-0.39, 0.29) is 12.5 Å². The molecule has 0 spiro atoms. The molecule has 1 atom stereocenters. The molecule has 1 heterocycles. The van der Waals surface area contributed by atoms with E-state index >= 15 is 0 Å². The van der Waals surface area contributed by atoms with Crippen molar-refractivity contribution in [2.45, 2.75) is 12.7 Å². The molecule has 0 N–H and O–H groups in total. The number of hydrogen-bond acceptors (Lipinski definition) is 1. The predicted molar refractivity (Wildman–Crippen MR) is 79.2 cm³/mol. The van der Waals surface area contributed by atoms with Crippen molar-refractivity contribution in [3.05, 3.63) is 69.7 Å². The first-order valence-corrected chi connectivity index (χ1v) is 7.22. The van der Waals surface area contributed by atoms with Crippen LogP contribution in [0.15, 0.2) is 53.0 Å². The zero-order valence-electron chi connectivity index (χ0n) is 10.7. The van der Waals surface area contributed by atoms with Gasteiger partial charge < -0.3 is 4.90 Å². The maximum atomic E-state index is 14.3. The van der Waals surface area contributed by atoms with Gasteiger partial charge in [-0.3, -0.25) is 4.79 Å². The van der Waals surface area contributed by atoms with Gasteiger partial charge in [-0.2, -0.15) is 0 Å². The number of benzene rings is 2. The van der Waals surface area contributed by atoms with Gasteiger partial charge in [-0.15, -0.1) is 0 Å². The molecule has 0 saturated heterocycles. The maximum absolute atomic E-state index is 14.3. The summed E-state index contributed by atoms with van der Waals surface area (Å²) in [6.45, 7) is 0.548. The molecule has 0 saturated carbocycles. The predicted octanol–water partition coefficient (Wildman–Crippen LogP) is 4.12. The van der Waals surface area contributed by atoms with Crippen LogP contribution in [0.3, 0.4) is 0 Å². The monoisotopic (exact) mass is 333 g/mol. The van der Waals surface area contributed by atoms with Gasteiger partial charge in [0.05, 0.1) is 6.54 Å². The number of amides is 1. The van der Waals surface area contributed by atoms with E-state index in [0.717, 1.165) is 10.0 Å². The molecule has 1 aliphatic rings. The van der Waals surface area contributed by atoms with Gasteiger partial charge >= 0.3 is 0 Å². The van der Waals surface area contributed by atoms with Crippen LogP contribution in [0.4, 0.5) is 4.39 Å². The second-order valence-corrected chi connectivity index (χ2v) is 5.68. The molecule has 0 aromatic heterocycles. The second kappa shape index (κ2) is 5.37. The lowest BCUT2D eigenvalue weighted by Gasteiger charge is -2.18. The van der Waals surface area contributed by atoms with E-state index in [1.165, 1.54) is 0 Å². The third-order valence-corrected chi connectivity index (χ3v) is 4.27. The zero-order valence-corrected chi connectivity index (χ0v) is 12.3. The van der Waals surface area contributed by atoms with Gasteiger partial charge in [-0.1, -0.05) is 52.3 Å². The molecule has 0 bridgehead atoms. The number of carbonyl (C=O) groups is 1. The van der Waals surface area contributed by atoms with Crippen LogP contribution in [0.1, 0.15) is 27.7 Å². The van der Waals surface area contributed by atoms with Crippen molar-refractivity contribution in [3.63, 3.8) is 0 Å². The number of hydrogen-bond donors (Lipinski definition) is 0. The number of alkyl halides is 1. The van der Waals surface area contributed by atoms with E-state index in [2.05, 4.69) is 15.9 Å². The van der Waals surface area contributed by atoms with Gasteiger partial charge in [0, 0.05) is 16.6 Å². The molecule has 1 amide bonds. The molecule has 0 aliphatic carbocycles. The van der Waals surface area contributed by atoms with Crippen LogP contribution >= 0.6 is 15.9 Å². The maximum Gasteiger partial charge on any atom is 0.254 e. The standard InChI is InChI=1S/C16H13BrFNO/c17-14-8-4-7-12-13(14)9-19(16(12)20)10-15(18)11-5-2-1-3-6-11/h1-8,15H,9-10H2/t15-/m0/s1. The smallest absolute Gasteiger partial charge is 0.254 e. The van der Waals surface area contributed by atoms with Crippen LogP contribution in [0, 0.1) is 0 Å². The second-order valence-electron chi connectivity index (χ2n) is 4.83.